The molecular formula is C13H17FN2O. The molecule has 3 nitrogen and oxygen atoms in total. The lowest BCUT2D eigenvalue weighted by molar-refractivity contribution is 0.283. The van der Waals surface area contributed by atoms with Crippen LogP contribution in [-0.4, -0.2) is 12.1 Å². The van der Waals surface area contributed by atoms with Crippen LogP contribution >= 0.6 is 0 Å². The monoisotopic (exact) mass is 236 g/mol. The fourth-order valence-corrected chi connectivity index (χ4v) is 1.40. The van der Waals surface area contributed by atoms with Crippen molar-refractivity contribution in [1.82, 2.24) is 0 Å². The molecule has 0 aliphatic carbocycles. The first-order valence-electron chi connectivity index (χ1n) is 5.54. The van der Waals surface area contributed by atoms with E-state index in [1.807, 2.05) is 13.0 Å². The van der Waals surface area contributed by atoms with Crippen LogP contribution in [0.4, 0.5) is 4.39 Å². The molecule has 1 atom stereocenters. The van der Waals surface area contributed by atoms with Gasteiger partial charge in [0, 0.05) is 0 Å². The second kappa shape index (κ2) is 5.65. The molecule has 1 aromatic rings. The molecule has 0 heterocycles. The Morgan fingerprint density at radius 1 is 1.53 bits per heavy atom. The summed E-state index contributed by atoms with van der Waals surface area (Å²) in [5.41, 5.74) is 5.77. The Kier molecular flexibility index (Phi) is 4.47. The number of hydrogen-bond donors (Lipinski definition) is 1. The average Bonchev–Trinajstić information content (AvgIpc) is 2.29. The van der Waals surface area contributed by atoms with Crippen LogP contribution < -0.4 is 10.5 Å². The van der Waals surface area contributed by atoms with Crippen LogP contribution in [0.25, 0.3) is 0 Å². The van der Waals surface area contributed by atoms with Crippen molar-refractivity contribution in [2.45, 2.75) is 32.2 Å². The molecule has 0 spiro atoms. The Morgan fingerprint density at radius 2 is 2.24 bits per heavy atom. The molecule has 0 saturated heterocycles. The lowest BCUT2D eigenvalue weighted by Crippen LogP contribution is -2.34. The van der Waals surface area contributed by atoms with Gasteiger partial charge in [-0.3, -0.25) is 0 Å². The minimum absolute atomic E-state index is 0.251. The maximum absolute atomic E-state index is 13.3. The predicted octanol–water partition coefficient (Wildman–Crippen LogP) is 2.53. The van der Waals surface area contributed by atoms with Gasteiger partial charge in [0.1, 0.15) is 5.54 Å². The number of hydrogen-bond acceptors (Lipinski definition) is 3. The minimum atomic E-state index is -0.839. The van der Waals surface area contributed by atoms with Crippen molar-refractivity contribution < 1.29 is 9.13 Å². The molecule has 0 fully saturated rings. The van der Waals surface area contributed by atoms with Gasteiger partial charge in [-0.15, -0.1) is 0 Å². The van der Waals surface area contributed by atoms with Crippen LogP contribution in [0, 0.1) is 24.1 Å². The first-order valence-corrected chi connectivity index (χ1v) is 5.54. The molecule has 1 unspecified atom stereocenters. The standard InChI is InChI=1S/C13H17FN2O/c1-10-4-5-11(14)12(8-10)17-7-3-6-13(2,16)9-15/h4-5,8H,3,6-7,16H2,1-2H3. The molecule has 1 rings (SSSR count). The third kappa shape index (κ3) is 4.41. The van der Waals surface area contributed by atoms with E-state index in [2.05, 4.69) is 0 Å². The summed E-state index contributed by atoms with van der Waals surface area (Å²) >= 11 is 0. The number of benzene rings is 1. The number of nitrogens with two attached hydrogens (primary N) is 1. The molecule has 92 valence electrons. The number of halogens is 1. The van der Waals surface area contributed by atoms with Gasteiger partial charge in [-0.25, -0.2) is 4.39 Å². The summed E-state index contributed by atoms with van der Waals surface area (Å²) in [5.74, 6) is -0.118. The minimum Gasteiger partial charge on any atom is -0.491 e. The zero-order valence-electron chi connectivity index (χ0n) is 10.2. The van der Waals surface area contributed by atoms with Crippen LogP contribution in [0.2, 0.25) is 0 Å². The Balaban J connectivity index is 2.42. The molecule has 17 heavy (non-hydrogen) atoms. The molecule has 0 aromatic heterocycles. The van der Waals surface area contributed by atoms with Crippen molar-refractivity contribution in [1.29, 1.82) is 5.26 Å². The van der Waals surface area contributed by atoms with E-state index < -0.39 is 5.54 Å². The molecule has 2 N–H and O–H groups in total. The van der Waals surface area contributed by atoms with E-state index in [1.165, 1.54) is 6.07 Å². The SMILES string of the molecule is Cc1ccc(F)c(OCCCC(C)(N)C#N)c1. The summed E-state index contributed by atoms with van der Waals surface area (Å²) in [5, 5.41) is 8.72. The average molecular weight is 236 g/mol. The second-order valence-electron chi connectivity index (χ2n) is 4.42. The maximum atomic E-state index is 13.3. The van der Waals surface area contributed by atoms with Gasteiger partial charge >= 0.3 is 0 Å². The Hall–Kier alpha value is -1.60. The molecule has 1 aromatic carbocycles. The van der Waals surface area contributed by atoms with Gasteiger partial charge in [0.2, 0.25) is 0 Å². The van der Waals surface area contributed by atoms with Gasteiger partial charge in [0.15, 0.2) is 11.6 Å². The van der Waals surface area contributed by atoms with Crippen molar-refractivity contribution in [2.75, 3.05) is 6.61 Å². The van der Waals surface area contributed by atoms with Crippen molar-refractivity contribution in [2.24, 2.45) is 5.73 Å². The van der Waals surface area contributed by atoms with E-state index in [1.54, 1.807) is 19.1 Å². The quantitative estimate of drug-likeness (QED) is 0.799. The van der Waals surface area contributed by atoms with E-state index in [0.717, 1.165) is 5.56 Å². The zero-order chi connectivity index (χ0) is 12.9. The summed E-state index contributed by atoms with van der Waals surface area (Å²) in [6.07, 6.45) is 1.14. The van der Waals surface area contributed by atoms with E-state index in [4.69, 9.17) is 15.7 Å². The summed E-state index contributed by atoms with van der Waals surface area (Å²) in [6.45, 7) is 3.90. The van der Waals surface area contributed by atoms with Gasteiger partial charge in [-0.2, -0.15) is 5.26 Å². The van der Waals surface area contributed by atoms with Crippen molar-refractivity contribution in [3.05, 3.63) is 29.6 Å². The van der Waals surface area contributed by atoms with E-state index in [-0.39, 0.29) is 11.6 Å². The zero-order valence-corrected chi connectivity index (χ0v) is 10.2. The van der Waals surface area contributed by atoms with Crippen LogP contribution in [-0.2, 0) is 0 Å². The van der Waals surface area contributed by atoms with Crippen molar-refractivity contribution in [3.8, 4) is 11.8 Å². The third-order valence-corrected chi connectivity index (χ3v) is 2.44. The fourth-order valence-electron chi connectivity index (χ4n) is 1.40. The molecule has 0 amide bonds. The van der Waals surface area contributed by atoms with Gasteiger partial charge < -0.3 is 10.5 Å². The highest BCUT2D eigenvalue weighted by Crippen LogP contribution is 2.19. The summed E-state index contributed by atoms with van der Waals surface area (Å²) in [7, 11) is 0. The summed E-state index contributed by atoms with van der Waals surface area (Å²) < 4.78 is 18.6. The second-order valence-corrected chi connectivity index (χ2v) is 4.42. The number of nitrogens with zero attached hydrogens (tertiary/aromatic N) is 1. The Bertz CT molecular complexity index is 424. The highest BCUT2D eigenvalue weighted by atomic mass is 19.1. The lowest BCUT2D eigenvalue weighted by Gasteiger charge is -2.15. The Labute approximate surface area is 101 Å². The number of nitriles is 1. The Morgan fingerprint density at radius 3 is 2.88 bits per heavy atom. The first-order chi connectivity index (χ1) is 7.94. The summed E-state index contributed by atoms with van der Waals surface area (Å²) in [6, 6.07) is 6.73. The van der Waals surface area contributed by atoms with Crippen molar-refractivity contribution >= 4 is 0 Å². The van der Waals surface area contributed by atoms with Gasteiger partial charge in [0.25, 0.3) is 0 Å². The topological polar surface area (TPSA) is 59.0 Å². The van der Waals surface area contributed by atoms with E-state index in [0.29, 0.717) is 19.4 Å². The van der Waals surface area contributed by atoms with Crippen LogP contribution in [0.15, 0.2) is 18.2 Å². The smallest absolute Gasteiger partial charge is 0.165 e. The largest absolute Gasteiger partial charge is 0.491 e. The molecule has 0 aliphatic heterocycles. The molecule has 0 bridgehead atoms. The molecule has 0 saturated carbocycles. The number of aryl methyl sites for hydroxylation is 1. The molecule has 0 radical (unpaired) electrons. The van der Waals surface area contributed by atoms with Gasteiger partial charge in [0.05, 0.1) is 12.7 Å². The highest BCUT2D eigenvalue weighted by Gasteiger charge is 2.16. The fraction of sp³-hybridized carbons (Fsp3) is 0.462. The highest BCUT2D eigenvalue weighted by molar-refractivity contribution is 5.29. The lowest BCUT2D eigenvalue weighted by atomic mass is 10.00. The van der Waals surface area contributed by atoms with Crippen molar-refractivity contribution in [3.63, 3.8) is 0 Å². The van der Waals surface area contributed by atoms with Crippen LogP contribution in [0.3, 0.4) is 0 Å². The number of rotatable bonds is 5. The molecule has 0 aliphatic rings. The molecule has 4 heteroatoms. The molecular weight excluding hydrogens is 219 g/mol. The van der Waals surface area contributed by atoms with E-state index >= 15 is 0 Å². The van der Waals surface area contributed by atoms with Gasteiger partial charge in [-0.1, -0.05) is 6.07 Å². The van der Waals surface area contributed by atoms with E-state index in [9.17, 15) is 4.39 Å². The maximum Gasteiger partial charge on any atom is 0.165 e. The predicted molar refractivity (Wildman–Crippen MR) is 64.1 cm³/mol. The normalized spacial score (nSPS) is 13.8. The van der Waals surface area contributed by atoms with Crippen LogP contribution in [0.1, 0.15) is 25.3 Å². The van der Waals surface area contributed by atoms with Gasteiger partial charge in [-0.05, 0) is 44.4 Å². The first kappa shape index (κ1) is 13.5. The third-order valence-electron chi connectivity index (χ3n) is 2.44. The number of ether oxygens (including phenoxy) is 1. The van der Waals surface area contributed by atoms with Crippen LogP contribution in [0.5, 0.6) is 5.75 Å². The summed E-state index contributed by atoms with van der Waals surface area (Å²) in [4.78, 5) is 0.